The molecule has 0 aromatic heterocycles. The lowest BCUT2D eigenvalue weighted by atomic mass is 10.1. The van der Waals surface area contributed by atoms with E-state index in [9.17, 15) is 4.21 Å². The van der Waals surface area contributed by atoms with Gasteiger partial charge in [-0.15, -0.1) is 0 Å². The van der Waals surface area contributed by atoms with Crippen LogP contribution in [0.25, 0.3) is 0 Å². The molecule has 4 heteroatoms. The zero-order valence-corrected chi connectivity index (χ0v) is 13.3. The highest BCUT2D eigenvalue weighted by Crippen LogP contribution is 2.23. The van der Waals surface area contributed by atoms with E-state index in [-0.39, 0.29) is 0 Å². The fourth-order valence-corrected chi connectivity index (χ4v) is 3.41. The van der Waals surface area contributed by atoms with Gasteiger partial charge in [-0.25, -0.2) is 0 Å². The minimum atomic E-state index is -1.11. The van der Waals surface area contributed by atoms with E-state index < -0.39 is 10.8 Å². The summed E-state index contributed by atoms with van der Waals surface area (Å²) in [6.45, 7) is 4.14. The Balaban J connectivity index is 2.23. The van der Waals surface area contributed by atoms with Gasteiger partial charge in [0.25, 0.3) is 0 Å². The van der Waals surface area contributed by atoms with E-state index in [1.54, 1.807) is 6.07 Å². The van der Waals surface area contributed by atoms with E-state index in [4.69, 9.17) is 5.73 Å². The average molecular weight is 338 g/mol. The van der Waals surface area contributed by atoms with Crippen molar-refractivity contribution in [2.45, 2.75) is 24.5 Å². The Morgan fingerprint density at radius 3 is 2.47 bits per heavy atom. The van der Waals surface area contributed by atoms with Gasteiger partial charge in [0.2, 0.25) is 0 Å². The molecule has 1 unspecified atom stereocenters. The number of hydrogen-bond donors (Lipinski definition) is 1. The van der Waals surface area contributed by atoms with Gasteiger partial charge in [-0.3, -0.25) is 4.21 Å². The van der Waals surface area contributed by atoms with Crippen molar-refractivity contribution in [2.24, 2.45) is 0 Å². The number of nitrogens with two attached hydrogens (primary N) is 1. The molecule has 19 heavy (non-hydrogen) atoms. The molecule has 0 fully saturated rings. The lowest BCUT2D eigenvalue weighted by Crippen LogP contribution is -2.01. The van der Waals surface area contributed by atoms with Crippen molar-refractivity contribution >= 4 is 32.4 Å². The smallest absolute Gasteiger partial charge is 0.0621 e. The molecule has 0 radical (unpaired) electrons. The Bertz CT molecular complexity index is 640. The normalized spacial score (nSPS) is 12.4. The van der Waals surface area contributed by atoms with E-state index >= 15 is 0 Å². The second-order valence-corrected chi connectivity index (χ2v) is 6.93. The number of aryl methyl sites for hydroxylation is 2. The number of rotatable bonds is 3. The molecule has 2 N–H and O–H groups in total. The fourth-order valence-electron chi connectivity index (χ4n) is 1.85. The van der Waals surface area contributed by atoms with Crippen LogP contribution < -0.4 is 5.73 Å². The summed E-state index contributed by atoms with van der Waals surface area (Å²) in [6, 6.07) is 11.6. The van der Waals surface area contributed by atoms with Gasteiger partial charge in [-0.05, 0) is 48.7 Å². The maximum atomic E-state index is 12.4. The van der Waals surface area contributed by atoms with Crippen molar-refractivity contribution < 1.29 is 4.21 Å². The van der Waals surface area contributed by atoms with Crippen molar-refractivity contribution in [3.8, 4) is 0 Å². The van der Waals surface area contributed by atoms with Crippen LogP contribution in [0.2, 0.25) is 0 Å². The van der Waals surface area contributed by atoms with Crippen molar-refractivity contribution in [3.05, 3.63) is 57.6 Å². The van der Waals surface area contributed by atoms with Gasteiger partial charge in [-0.2, -0.15) is 0 Å². The summed E-state index contributed by atoms with van der Waals surface area (Å²) in [7, 11) is -1.11. The van der Waals surface area contributed by atoms with E-state index in [1.807, 2.05) is 18.2 Å². The minimum Gasteiger partial charge on any atom is -0.398 e. The van der Waals surface area contributed by atoms with Gasteiger partial charge in [0.15, 0.2) is 0 Å². The van der Waals surface area contributed by atoms with Gasteiger partial charge < -0.3 is 5.73 Å². The molecule has 2 aromatic carbocycles. The van der Waals surface area contributed by atoms with Crippen LogP contribution >= 0.6 is 15.9 Å². The predicted octanol–water partition coefficient (Wildman–Crippen LogP) is 3.96. The largest absolute Gasteiger partial charge is 0.398 e. The van der Waals surface area contributed by atoms with Crippen LogP contribution in [0.4, 0.5) is 5.69 Å². The summed E-state index contributed by atoms with van der Waals surface area (Å²) >= 11 is 3.35. The second kappa shape index (κ2) is 5.88. The van der Waals surface area contributed by atoms with E-state index in [1.165, 1.54) is 11.1 Å². The SMILES string of the molecule is Cc1ccc(CS(=O)c2ccc(Br)cc2N)cc1C. The van der Waals surface area contributed by atoms with Crippen LogP contribution in [0.15, 0.2) is 45.8 Å². The average Bonchev–Trinajstić information content (AvgIpc) is 2.33. The zero-order chi connectivity index (χ0) is 14.0. The molecule has 0 aliphatic heterocycles. The van der Waals surface area contributed by atoms with Gasteiger partial charge >= 0.3 is 0 Å². The van der Waals surface area contributed by atoms with Crippen LogP contribution in [0, 0.1) is 13.8 Å². The highest BCUT2D eigenvalue weighted by Gasteiger charge is 2.09. The van der Waals surface area contributed by atoms with Crippen LogP contribution in [-0.2, 0) is 16.6 Å². The first kappa shape index (κ1) is 14.3. The number of anilines is 1. The number of benzene rings is 2. The Morgan fingerprint density at radius 1 is 1.11 bits per heavy atom. The summed E-state index contributed by atoms with van der Waals surface area (Å²) in [6.07, 6.45) is 0. The van der Waals surface area contributed by atoms with Crippen molar-refractivity contribution in [1.29, 1.82) is 0 Å². The third-order valence-corrected chi connectivity index (χ3v) is 5.04. The first-order chi connectivity index (χ1) is 8.97. The topological polar surface area (TPSA) is 43.1 Å². The Labute approximate surface area is 124 Å². The number of hydrogen-bond acceptors (Lipinski definition) is 2. The molecular formula is C15H16BrNOS. The monoisotopic (exact) mass is 337 g/mol. The molecule has 0 bridgehead atoms. The summed E-state index contributed by atoms with van der Waals surface area (Å²) in [5, 5.41) is 0. The lowest BCUT2D eigenvalue weighted by molar-refractivity contribution is 0.683. The molecule has 0 saturated carbocycles. The van der Waals surface area contributed by atoms with Crippen LogP contribution in [0.1, 0.15) is 16.7 Å². The molecular weight excluding hydrogens is 322 g/mol. The summed E-state index contributed by atoms with van der Waals surface area (Å²) in [5.74, 6) is 0.493. The lowest BCUT2D eigenvalue weighted by Gasteiger charge is -2.08. The molecule has 2 aromatic rings. The molecule has 0 aliphatic carbocycles. The van der Waals surface area contributed by atoms with Crippen LogP contribution in [0.3, 0.4) is 0 Å². The van der Waals surface area contributed by atoms with Crippen molar-refractivity contribution in [1.82, 2.24) is 0 Å². The van der Waals surface area contributed by atoms with Crippen LogP contribution in [-0.4, -0.2) is 4.21 Å². The molecule has 1 atom stereocenters. The first-order valence-electron chi connectivity index (χ1n) is 5.97. The van der Waals surface area contributed by atoms with E-state index in [2.05, 4.69) is 41.9 Å². The maximum absolute atomic E-state index is 12.4. The molecule has 2 nitrogen and oxygen atoms in total. The van der Waals surface area contributed by atoms with Crippen molar-refractivity contribution in [3.63, 3.8) is 0 Å². The minimum absolute atomic E-state index is 0.493. The maximum Gasteiger partial charge on any atom is 0.0621 e. The molecule has 0 spiro atoms. The second-order valence-electron chi connectivity index (χ2n) is 4.59. The standard InChI is InChI=1S/C15H16BrNOS/c1-10-3-4-12(7-11(10)2)9-19(18)15-6-5-13(16)8-14(15)17/h3-8H,9,17H2,1-2H3. The summed E-state index contributed by atoms with van der Waals surface area (Å²) in [4.78, 5) is 0.696. The van der Waals surface area contributed by atoms with E-state index in [0.29, 0.717) is 16.3 Å². The number of nitrogen functional groups attached to an aromatic ring is 1. The number of halogens is 1. The molecule has 2 rings (SSSR count). The van der Waals surface area contributed by atoms with Gasteiger partial charge in [0, 0.05) is 10.2 Å². The Hall–Kier alpha value is -1.13. The van der Waals surface area contributed by atoms with Gasteiger partial charge in [0.1, 0.15) is 0 Å². The summed E-state index contributed by atoms with van der Waals surface area (Å²) in [5.41, 5.74) is 10.0. The molecule has 0 heterocycles. The quantitative estimate of drug-likeness (QED) is 0.861. The first-order valence-corrected chi connectivity index (χ1v) is 8.08. The van der Waals surface area contributed by atoms with Gasteiger partial charge in [0.05, 0.1) is 21.4 Å². The third kappa shape index (κ3) is 3.45. The Kier molecular flexibility index (Phi) is 4.42. The third-order valence-electron chi connectivity index (χ3n) is 3.09. The summed E-state index contributed by atoms with van der Waals surface area (Å²) < 4.78 is 13.3. The molecule has 100 valence electrons. The highest BCUT2D eigenvalue weighted by molar-refractivity contribution is 9.10. The fraction of sp³-hybridized carbons (Fsp3) is 0.200. The van der Waals surface area contributed by atoms with Gasteiger partial charge in [-0.1, -0.05) is 34.1 Å². The van der Waals surface area contributed by atoms with Crippen molar-refractivity contribution in [2.75, 3.05) is 5.73 Å². The highest BCUT2D eigenvalue weighted by atomic mass is 79.9. The zero-order valence-electron chi connectivity index (χ0n) is 10.9. The van der Waals surface area contributed by atoms with E-state index in [0.717, 1.165) is 10.0 Å². The molecule has 0 aliphatic rings. The molecule has 0 amide bonds. The molecule has 0 saturated heterocycles. The Morgan fingerprint density at radius 2 is 1.84 bits per heavy atom. The van der Waals surface area contributed by atoms with Crippen LogP contribution in [0.5, 0.6) is 0 Å². The predicted molar refractivity (Wildman–Crippen MR) is 84.6 cm³/mol.